The first kappa shape index (κ1) is 17.9. The second-order valence-corrected chi connectivity index (χ2v) is 6.64. The molecule has 0 bridgehead atoms. The van der Waals surface area contributed by atoms with E-state index in [1.807, 2.05) is 43.3 Å². The number of rotatable bonds is 4. The van der Waals surface area contributed by atoms with E-state index in [1.54, 1.807) is 12.1 Å². The topological polar surface area (TPSA) is 70.9 Å². The Bertz CT molecular complexity index is 1020. The fraction of sp³-hybridized carbons (Fsp3) is 0.100. The molecule has 0 aliphatic heterocycles. The Morgan fingerprint density at radius 2 is 2.00 bits per heavy atom. The number of aromatic hydroxyl groups is 1. The Hall–Kier alpha value is -2.86. The zero-order valence-corrected chi connectivity index (χ0v) is 15.9. The van der Waals surface area contributed by atoms with Crippen LogP contribution in [0.4, 0.5) is 0 Å². The molecule has 0 unspecified atom stereocenters. The van der Waals surface area contributed by atoms with Crippen LogP contribution < -0.4 is 10.2 Å². The lowest BCUT2D eigenvalue weighted by molar-refractivity contribution is 0.0956. The van der Waals surface area contributed by atoms with E-state index >= 15 is 0 Å². The molecule has 0 aromatic heterocycles. The highest BCUT2D eigenvalue weighted by Crippen LogP contribution is 2.32. The van der Waals surface area contributed by atoms with Crippen LogP contribution in [-0.2, 0) is 0 Å². The number of phenols is 1. The molecule has 0 aliphatic carbocycles. The molecule has 132 valence electrons. The average molecular weight is 413 g/mol. The summed E-state index contributed by atoms with van der Waals surface area (Å²) >= 11 is 3.34. The van der Waals surface area contributed by atoms with Gasteiger partial charge in [0.2, 0.25) is 0 Å². The standard InChI is InChI=1S/C20H17BrN2O3/c1-12-7-8-13-5-3-4-6-16(13)18(12)20(25)23-22-11-14-9-15(21)10-17(26-2)19(14)24/h3-11,24H,1-2H3,(H,23,25)/b22-11-. The van der Waals surface area contributed by atoms with Crippen molar-refractivity contribution in [1.29, 1.82) is 0 Å². The van der Waals surface area contributed by atoms with Crippen LogP contribution in [0.25, 0.3) is 10.8 Å². The normalized spacial score (nSPS) is 11.0. The van der Waals surface area contributed by atoms with Crippen molar-refractivity contribution in [3.8, 4) is 11.5 Å². The third-order valence-electron chi connectivity index (χ3n) is 4.02. The van der Waals surface area contributed by atoms with E-state index in [0.717, 1.165) is 20.8 Å². The van der Waals surface area contributed by atoms with Crippen LogP contribution in [0.1, 0.15) is 21.5 Å². The number of benzene rings is 3. The number of carbonyl (C=O) groups is 1. The zero-order valence-electron chi connectivity index (χ0n) is 14.3. The van der Waals surface area contributed by atoms with Crippen LogP contribution in [0.2, 0.25) is 0 Å². The monoisotopic (exact) mass is 412 g/mol. The van der Waals surface area contributed by atoms with Crippen molar-refractivity contribution in [2.45, 2.75) is 6.92 Å². The highest BCUT2D eigenvalue weighted by molar-refractivity contribution is 9.10. The van der Waals surface area contributed by atoms with Gasteiger partial charge in [-0.15, -0.1) is 0 Å². The molecule has 3 aromatic carbocycles. The number of phenolic OH excluding ortho intramolecular Hbond substituents is 1. The van der Waals surface area contributed by atoms with Crippen LogP contribution in [0.15, 0.2) is 58.1 Å². The molecule has 3 rings (SSSR count). The number of hydrogen-bond acceptors (Lipinski definition) is 4. The Balaban J connectivity index is 1.88. The van der Waals surface area contributed by atoms with Gasteiger partial charge < -0.3 is 9.84 Å². The van der Waals surface area contributed by atoms with Gasteiger partial charge in [0.25, 0.3) is 5.91 Å². The number of ether oxygens (including phenoxy) is 1. The number of aryl methyl sites for hydroxylation is 1. The van der Waals surface area contributed by atoms with Crippen molar-refractivity contribution in [3.63, 3.8) is 0 Å². The predicted molar refractivity (Wildman–Crippen MR) is 106 cm³/mol. The summed E-state index contributed by atoms with van der Waals surface area (Å²) in [5, 5.41) is 16.0. The fourth-order valence-electron chi connectivity index (χ4n) is 2.75. The quantitative estimate of drug-likeness (QED) is 0.493. The highest BCUT2D eigenvalue weighted by atomic mass is 79.9. The minimum atomic E-state index is -0.308. The van der Waals surface area contributed by atoms with E-state index in [4.69, 9.17) is 4.74 Å². The first-order valence-electron chi connectivity index (χ1n) is 7.89. The van der Waals surface area contributed by atoms with Gasteiger partial charge in [-0.3, -0.25) is 4.79 Å². The van der Waals surface area contributed by atoms with Crippen molar-refractivity contribution in [1.82, 2.24) is 5.43 Å². The van der Waals surface area contributed by atoms with Gasteiger partial charge in [0, 0.05) is 10.0 Å². The third-order valence-corrected chi connectivity index (χ3v) is 4.48. The number of halogens is 1. The van der Waals surface area contributed by atoms with E-state index < -0.39 is 0 Å². The summed E-state index contributed by atoms with van der Waals surface area (Å²) < 4.78 is 5.82. The number of nitrogens with one attached hydrogen (secondary N) is 1. The molecule has 0 fully saturated rings. The van der Waals surface area contributed by atoms with Gasteiger partial charge >= 0.3 is 0 Å². The molecule has 5 nitrogen and oxygen atoms in total. The van der Waals surface area contributed by atoms with Gasteiger partial charge in [0.1, 0.15) is 0 Å². The van der Waals surface area contributed by atoms with E-state index in [-0.39, 0.29) is 11.7 Å². The molecule has 3 aromatic rings. The molecule has 2 N–H and O–H groups in total. The maximum Gasteiger partial charge on any atom is 0.272 e. The molecule has 0 radical (unpaired) electrons. The maximum atomic E-state index is 12.6. The smallest absolute Gasteiger partial charge is 0.272 e. The SMILES string of the molecule is COc1cc(Br)cc(/C=N\NC(=O)c2c(C)ccc3ccccc23)c1O. The molecule has 6 heteroatoms. The summed E-state index contributed by atoms with van der Waals surface area (Å²) in [7, 11) is 1.47. The van der Waals surface area contributed by atoms with Crippen molar-refractivity contribution in [2.75, 3.05) is 7.11 Å². The van der Waals surface area contributed by atoms with Crippen LogP contribution in [0.3, 0.4) is 0 Å². The van der Waals surface area contributed by atoms with Crippen LogP contribution in [-0.4, -0.2) is 24.3 Å². The average Bonchev–Trinajstić information content (AvgIpc) is 2.63. The highest BCUT2D eigenvalue weighted by Gasteiger charge is 2.13. The van der Waals surface area contributed by atoms with Crippen molar-refractivity contribution in [2.24, 2.45) is 5.10 Å². The molecule has 0 saturated carbocycles. The Morgan fingerprint density at radius 3 is 2.77 bits per heavy atom. The van der Waals surface area contributed by atoms with E-state index in [2.05, 4.69) is 26.5 Å². The summed E-state index contributed by atoms with van der Waals surface area (Å²) in [5.41, 5.74) is 4.39. The van der Waals surface area contributed by atoms with Gasteiger partial charge in [-0.2, -0.15) is 5.10 Å². The van der Waals surface area contributed by atoms with Crippen LogP contribution >= 0.6 is 15.9 Å². The number of methoxy groups -OCH3 is 1. The first-order chi connectivity index (χ1) is 12.5. The Labute approximate surface area is 159 Å². The molecule has 0 saturated heterocycles. The molecule has 0 aliphatic rings. The fourth-order valence-corrected chi connectivity index (χ4v) is 3.20. The van der Waals surface area contributed by atoms with Crippen molar-refractivity contribution < 1.29 is 14.6 Å². The van der Waals surface area contributed by atoms with Crippen molar-refractivity contribution in [3.05, 3.63) is 69.7 Å². The number of hydrazone groups is 1. The summed E-state index contributed by atoms with van der Waals surface area (Å²) in [6.45, 7) is 1.88. The molecular weight excluding hydrogens is 396 g/mol. The molecule has 0 spiro atoms. The van der Waals surface area contributed by atoms with Gasteiger partial charge in [-0.1, -0.05) is 52.3 Å². The van der Waals surface area contributed by atoms with Gasteiger partial charge in [0.05, 0.1) is 18.9 Å². The zero-order chi connectivity index (χ0) is 18.7. The summed E-state index contributed by atoms with van der Waals surface area (Å²) in [4.78, 5) is 12.6. The van der Waals surface area contributed by atoms with E-state index in [1.165, 1.54) is 13.3 Å². The first-order valence-corrected chi connectivity index (χ1v) is 8.69. The van der Waals surface area contributed by atoms with Crippen molar-refractivity contribution >= 4 is 38.8 Å². The number of fused-ring (bicyclic) bond motifs is 1. The van der Waals surface area contributed by atoms with Gasteiger partial charge in [-0.25, -0.2) is 5.43 Å². The summed E-state index contributed by atoms with van der Waals surface area (Å²) in [5.74, 6) is -0.0379. The largest absolute Gasteiger partial charge is 0.504 e. The summed E-state index contributed by atoms with van der Waals surface area (Å²) in [6, 6.07) is 14.9. The van der Waals surface area contributed by atoms with Gasteiger partial charge in [-0.05, 0) is 35.4 Å². The number of hydrogen-bond donors (Lipinski definition) is 2. The molecule has 0 heterocycles. The second-order valence-electron chi connectivity index (χ2n) is 5.72. The van der Waals surface area contributed by atoms with Gasteiger partial charge in [0.15, 0.2) is 11.5 Å². The minimum absolute atomic E-state index is 0.0463. The predicted octanol–water partition coefficient (Wildman–Crippen LogP) is 4.39. The minimum Gasteiger partial charge on any atom is -0.504 e. The molecule has 1 amide bonds. The number of nitrogens with zero attached hydrogens (tertiary/aromatic N) is 1. The van der Waals surface area contributed by atoms with Crippen LogP contribution in [0.5, 0.6) is 11.5 Å². The maximum absolute atomic E-state index is 12.6. The number of amides is 1. The van der Waals surface area contributed by atoms with Crippen LogP contribution in [0, 0.1) is 6.92 Å². The summed E-state index contributed by atoms with van der Waals surface area (Å²) in [6.07, 6.45) is 1.38. The molecule has 0 atom stereocenters. The lowest BCUT2D eigenvalue weighted by atomic mass is 9.99. The Morgan fingerprint density at radius 1 is 1.23 bits per heavy atom. The molecular formula is C20H17BrN2O3. The van der Waals surface area contributed by atoms with E-state index in [0.29, 0.717) is 16.9 Å². The Kier molecular flexibility index (Phi) is 5.23. The molecule has 26 heavy (non-hydrogen) atoms. The number of carbonyl (C=O) groups excluding carboxylic acids is 1. The lowest BCUT2D eigenvalue weighted by Gasteiger charge is -2.09. The lowest BCUT2D eigenvalue weighted by Crippen LogP contribution is -2.19. The van der Waals surface area contributed by atoms with E-state index in [9.17, 15) is 9.90 Å². The second kappa shape index (κ2) is 7.58. The third kappa shape index (κ3) is 3.55.